The average molecular weight is 359 g/mol. The van der Waals surface area contributed by atoms with Gasteiger partial charge in [-0.15, -0.1) is 0 Å². The van der Waals surface area contributed by atoms with Gasteiger partial charge >= 0.3 is 6.09 Å². The van der Waals surface area contributed by atoms with Crippen molar-refractivity contribution in [2.45, 2.75) is 25.5 Å². The minimum atomic E-state index is -0.371. The molecule has 3 aromatic rings. The van der Waals surface area contributed by atoms with Gasteiger partial charge < -0.3 is 9.64 Å². The number of ether oxygens (including phenoxy) is 1. The van der Waals surface area contributed by atoms with Crippen LogP contribution in [0.5, 0.6) is 0 Å². The normalized spacial score (nSPS) is 17.1. The molecule has 1 fully saturated rings. The van der Waals surface area contributed by atoms with Crippen LogP contribution in [0.3, 0.4) is 0 Å². The van der Waals surface area contributed by atoms with Crippen LogP contribution < -0.4 is 0 Å². The number of carbonyl (C=O) groups excluding carboxylic acids is 2. The summed E-state index contributed by atoms with van der Waals surface area (Å²) in [5.74, 6) is 0.181. The molecule has 1 heterocycles. The van der Waals surface area contributed by atoms with Crippen LogP contribution in [0.25, 0.3) is 10.8 Å². The van der Waals surface area contributed by atoms with Gasteiger partial charge in [0.2, 0.25) is 0 Å². The van der Waals surface area contributed by atoms with Crippen molar-refractivity contribution < 1.29 is 14.3 Å². The standard InChI is InChI=1S/C23H21NO3/c25-21-12-13-24(23(26)27-16-17-6-2-1-3-7-17)22(15-21)20-11-10-18-8-4-5-9-19(18)14-20/h1-11,14,22H,12-13,15-16H2/t22-/m1/s1. The molecule has 0 spiro atoms. The van der Waals surface area contributed by atoms with Crippen molar-refractivity contribution in [3.05, 3.63) is 83.9 Å². The first kappa shape index (κ1) is 17.3. The lowest BCUT2D eigenvalue weighted by molar-refractivity contribution is -0.122. The highest BCUT2D eigenvalue weighted by atomic mass is 16.6. The number of hydrogen-bond donors (Lipinski definition) is 0. The van der Waals surface area contributed by atoms with Crippen LogP contribution >= 0.6 is 0 Å². The zero-order valence-corrected chi connectivity index (χ0v) is 15.0. The van der Waals surface area contributed by atoms with E-state index in [0.717, 1.165) is 21.9 Å². The fraction of sp³-hybridized carbons (Fsp3) is 0.217. The first-order valence-corrected chi connectivity index (χ1v) is 9.18. The molecule has 0 radical (unpaired) electrons. The monoisotopic (exact) mass is 359 g/mol. The summed E-state index contributed by atoms with van der Waals surface area (Å²) in [6.07, 6.45) is 0.341. The highest BCUT2D eigenvalue weighted by molar-refractivity contribution is 5.85. The quantitative estimate of drug-likeness (QED) is 0.669. The second-order valence-corrected chi connectivity index (χ2v) is 6.85. The van der Waals surface area contributed by atoms with Gasteiger partial charge in [-0.2, -0.15) is 0 Å². The SMILES string of the molecule is O=C1CCN(C(=O)OCc2ccccc2)[C@@H](c2ccc3ccccc3c2)C1. The molecule has 1 aliphatic rings. The van der Waals surface area contributed by atoms with Crippen molar-refractivity contribution in [1.82, 2.24) is 4.90 Å². The zero-order chi connectivity index (χ0) is 18.6. The summed E-state index contributed by atoms with van der Waals surface area (Å²) in [6.45, 7) is 0.624. The maximum atomic E-state index is 12.7. The van der Waals surface area contributed by atoms with Gasteiger partial charge in [-0.1, -0.05) is 66.7 Å². The van der Waals surface area contributed by atoms with E-state index < -0.39 is 0 Å². The Kier molecular flexibility index (Phi) is 4.88. The third-order valence-corrected chi connectivity index (χ3v) is 5.03. The van der Waals surface area contributed by atoms with Crippen LogP contribution in [0.15, 0.2) is 72.8 Å². The van der Waals surface area contributed by atoms with E-state index in [2.05, 4.69) is 12.1 Å². The summed E-state index contributed by atoms with van der Waals surface area (Å²) in [5.41, 5.74) is 1.92. The molecule has 4 heteroatoms. The lowest BCUT2D eigenvalue weighted by atomic mass is 9.93. The van der Waals surface area contributed by atoms with Crippen LogP contribution in [0.4, 0.5) is 4.79 Å². The molecule has 0 aromatic heterocycles. The fourth-order valence-corrected chi connectivity index (χ4v) is 3.56. The smallest absolute Gasteiger partial charge is 0.410 e. The van der Waals surface area contributed by atoms with Crippen molar-refractivity contribution in [3.63, 3.8) is 0 Å². The lowest BCUT2D eigenvalue weighted by Crippen LogP contribution is -2.41. The summed E-state index contributed by atoms with van der Waals surface area (Å²) >= 11 is 0. The van der Waals surface area contributed by atoms with Gasteiger partial charge in [-0.05, 0) is 28.0 Å². The van der Waals surface area contributed by atoms with Crippen molar-refractivity contribution >= 4 is 22.6 Å². The zero-order valence-electron chi connectivity index (χ0n) is 15.0. The van der Waals surface area contributed by atoms with Crippen molar-refractivity contribution in [2.24, 2.45) is 0 Å². The predicted octanol–water partition coefficient (Wildman–Crippen LogP) is 4.88. The molecule has 0 N–H and O–H groups in total. The number of amides is 1. The van der Waals surface area contributed by atoms with Crippen LogP contribution in [0.1, 0.15) is 30.0 Å². The Morgan fingerprint density at radius 3 is 2.52 bits per heavy atom. The van der Waals surface area contributed by atoms with E-state index in [0.29, 0.717) is 19.4 Å². The third kappa shape index (κ3) is 3.85. The highest BCUT2D eigenvalue weighted by Gasteiger charge is 2.32. The molecule has 0 bridgehead atoms. The molecule has 3 aromatic carbocycles. The number of ketones is 1. The molecule has 0 saturated carbocycles. The second-order valence-electron chi connectivity index (χ2n) is 6.85. The topological polar surface area (TPSA) is 46.6 Å². The maximum absolute atomic E-state index is 12.7. The minimum absolute atomic E-state index is 0.181. The number of carbonyl (C=O) groups is 2. The molecule has 27 heavy (non-hydrogen) atoms. The second kappa shape index (κ2) is 7.62. The Hall–Kier alpha value is -3.14. The van der Waals surface area contributed by atoms with Gasteiger partial charge in [0.05, 0.1) is 6.04 Å². The van der Waals surface area contributed by atoms with E-state index in [4.69, 9.17) is 4.74 Å². The molecule has 1 atom stereocenters. The number of fused-ring (bicyclic) bond motifs is 1. The number of hydrogen-bond acceptors (Lipinski definition) is 3. The Labute approximate surface area is 158 Å². The van der Waals surface area contributed by atoms with Gasteiger partial charge in [0.25, 0.3) is 0 Å². The molecule has 4 rings (SSSR count). The Morgan fingerprint density at radius 1 is 0.963 bits per heavy atom. The largest absolute Gasteiger partial charge is 0.445 e. The number of benzene rings is 3. The minimum Gasteiger partial charge on any atom is -0.445 e. The number of nitrogens with zero attached hydrogens (tertiary/aromatic N) is 1. The lowest BCUT2D eigenvalue weighted by Gasteiger charge is -2.34. The van der Waals surface area contributed by atoms with Crippen LogP contribution in [-0.2, 0) is 16.1 Å². The van der Waals surface area contributed by atoms with Crippen molar-refractivity contribution in [3.8, 4) is 0 Å². The highest BCUT2D eigenvalue weighted by Crippen LogP contribution is 2.32. The first-order chi connectivity index (χ1) is 13.2. The van der Waals surface area contributed by atoms with Crippen molar-refractivity contribution in [2.75, 3.05) is 6.54 Å². The van der Waals surface area contributed by atoms with E-state index in [1.807, 2.05) is 60.7 Å². The summed E-state index contributed by atoms with van der Waals surface area (Å²) in [6, 6.07) is 23.5. The molecular weight excluding hydrogens is 338 g/mol. The van der Waals surface area contributed by atoms with Gasteiger partial charge in [0.1, 0.15) is 12.4 Å². The van der Waals surface area contributed by atoms with Crippen molar-refractivity contribution in [1.29, 1.82) is 0 Å². The molecule has 1 amide bonds. The van der Waals surface area contributed by atoms with E-state index in [1.54, 1.807) is 4.90 Å². The molecule has 1 saturated heterocycles. The first-order valence-electron chi connectivity index (χ1n) is 9.18. The number of rotatable bonds is 3. The maximum Gasteiger partial charge on any atom is 0.410 e. The summed E-state index contributed by atoms with van der Waals surface area (Å²) in [4.78, 5) is 26.5. The van der Waals surface area contributed by atoms with Gasteiger partial charge in [-0.25, -0.2) is 4.79 Å². The van der Waals surface area contributed by atoms with Crippen LogP contribution in [0, 0.1) is 0 Å². The van der Waals surface area contributed by atoms with Gasteiger partial charge in [0.15, 0.2) is 0 Å². The van der Waals surface area contributed by atoms with Crippen LogP contribution in [-0.4, -0.2) is 23.3 Å². The average Bonchev–Trinajstić information content (AvgIpc) is 2.72. The third-order valence-electron chi connectivity index (χ3n) is 5.03. The summed E-state index contributed by atoms with van der Waals surface area (Å²) in [7, 11) is 0. The Balaban J connectivity index is 1.55. The molecule has 136 valence electrons. The fourth-order valence-electron chi connectivity index (χ4n) is 3.56. The van der Waals surface area contributed by atoms with E-state index in [1.165, 1.54) is 0 Å². The van der Waals surface area contributed by atoms with E-state index in [9.17, 15) is 9.59 Å². The molecule has 1 aliphatic heterocycles. The summed E-state index contributed by atoms with van der Waals surface area (Å²) < 4.78 is 5.52. The number of Topliss-reactive ketones (excluding diaryl/α,β-unsaturated/α-hetero) is 1. The van der Waals surface area contributed by atoms with E-state index in [-0.39, 0.29) is 24.5 Å². The van der Waals surface area contributed by atoms with Gasteiger partial charge in [-0.3, -0.25) is 4.79 Å². The van der Waals surface area contributed by atoms with E-state index >= 15 is 0 Å². The predicted molar refractivity (Wildman–Crippen MR) is 104 cm³/mol. The Bertz CT molecular complexity index is 968. The summed E-state index contributed by atoms with van der Waals surface area (Å²) in [5, 5.41) is 2.24. The van der Waals surface area contributed by atoms with Gasteiger partial charge in [0, 0.05) is 19.4 Å². The molecule has 0 unspecified atom stereocenters. The number of likely N-dealkylation sites (tertiary alicyclic amines) is 1. The Morgan fingerprint density at radius 2 is 1.70 bits per heavy atom. The molecule has 4 nitrogen and oxygen atoms in total. The number of piperidine rings is 1. The molecule has 0 aliphatic carbocycles. The molecular formula is C23H21NO3. The van der Waals surface area contributed by atoms with Crippen LogP contribution in [0.2, 0.25) is 0 Å².